The lowest BCUT2D eigenvalue weighted by Crippen LogP contribution is -2.48. The number of nitrogens with zero attached hydrogens (tertiary/aromatic N) is 4. The molecular weight excluding hydrogens is 428 g/mol. The molecule has 2 fully saturated rings. The Labute approximate surface area is 179 Å². The SMILES string of the molecule is O=C(c1sccc1S(=O)(=O)N1CCSCC1)N1CCN(Cc2cccnc2)CC1. The number of pyridine rings is 1. The molecule has 1 amide bonds. The fourth-order valence-electron chi connectivity index (χ4n) is 3.59. The first kappa shape index (κ1) is 20.8. The molecule has 4 rings (SSSR count). The third-order valence-electron chi connectivity index (χ3n) is 5.20. The highest BCUT2D eigenvalue weighted by molar-refractivity contribution is 7.99. The Morgan fingerprint density at radius 3 is 2.52 bits per heavy atom. The monoisotopic (exact) mass is 452 g/mol. The van der Waals surface area contributed by atoms with Gasteiger partial charge >= 0.3 is 0 Å². The van der Waals surface area contributed by atoms with Crippen LogP contribution in [0.25, 0.3) is 0 Å². The molecule has 0 spiro atoms. The fourth-order valence-corrected chi connectivity index (χ4v) is 7.52. The van der Waals surface area contributed by atoms with Gasteiger partial charge < -0.3 is 4.90 Å². The van der Waals surface area contributed by atoms with Crippen LogP contribution in [-0.2, 0) is 16.6 Å². The summed E-state index contributed by atoms with van der Waals surface area (Å²) in [6.07, 6.45) is 3.62. The van der Waals surface area contributed by atoms with Crippen molar-refractivity contribution in [1.29, 1.82) is 0 Å². The number of sulfonamides is 1. The number of hydrogen-bond acceptors (Lipinski definition) is 7. The lowest BCUT2D eigenvalue weighted by molar-refractivity contribution is 0.0629. The summed E-state index contributed by atoms with van der Waals surface area (Å²) in [5.41, 5.74) is 1.15. The summed E-state index contributed by atoms with van der Waals surface area (Å²) in [7, 11) is -3.62. The van der Waals surface area contributed by atoms with Crippen LogP contribution in [0.2, 0.25) is 0 Å². The fraction of sp³-hybridized carbons (Fsp3) is 0.474. The lowest BCUT2D eigenvalue weighted by atomic mass is 10.2. The van der Waals surface area contributed by atoms with Gasteiger partial charge in [-0.1, -0.05) is 6.07 Å². The number of thiophene rings is 1. The van der Waals surface area contributed by atoms with Crippen LogP contribution >= 0.6 is 23.1 Å². The second kappa shape index (κ2) is 9.13. The zero-order chi connectivity index (χ0) is 20.3. The number of hydrogen-bond donors (Lipinski definition) is 0. The summed E-state index contributed by atoms with van der Waals surface area (Å²) in [5, 5.41) is 1.71. The molecule has 0 aromatic carbocycles. The Kier molecular flexibility index (Phi) is 6.55. The Morgan fingerprint density at radius 2 is 1.83 bits per heavy atom. The molecule has 2 aromatic rings. The van der Waals surface area contributed by atoms with Gasteiger partial charge in [0.05, 0.1) is 0 Å². The molecule has 10 heteroatoms. The molecule has 29 heavy (non-hydrogen) atoms. The molecular formula is C19H24N4O3S3. The maximum Gasteiger partial charge on any atom is 0.265 e. The highest BCUT2D eigenvalue weighted by Crippen LogP contribution is 2.28. The van der Waals surface area contributed by atoms with Crippen molar-refractivity contribution in [3.63, 3.8) is 0 Å². The standard InChI is InChI=1S/C19H24N4O3S3/c24-19(22-7-5-21(6-8-22)15-16-2-1-4-20-14-16)18-17(3-11-28-18)29(25,26)23-9-12-27-13-10-23/h1-4,11,14H,5-10,12-13,15H2. The molecule has 0 unspecified atom stereocenters. The summed E-state index contributed by atoms with van der Waals surface area (Å²) in [6, 6.07) is 5.55. The third-order valence-corrected chi connectivity index (χ3v) is 9.11. The first-order chi connectivity index (χ1) is 14.1. The minimum atomic E-state index is -3.62. The Bertz CT molecular complexity index is 935. The van der Waals surface area contributed by atoms with E-state index in [4.69, 9.17) is 0 Å². The molecule has 4 heterocycles. The Balaban J connectivity index is 1.42. The van der Waals surface area contributed by atoms with E-state index in [1.54, 1.807) is 34.3 Å². The quantitative estimate of drug-likeness (QED) is 0.689. The summed E-state index contributed by atoms with van der Waals surface area (Å²) in [4.78, 5) is 21.8. The molecule has 2 aromatic heterocycles. The first-order valence-corrected chi connectivity index (χ1v) is 13.1. The van der Waals surface area contributed by atoms with E-state index in [2.05, 4.69) is 9.88 Å². The van der Waals surface area contributed by atoms with Gasteiger partial charge in [0.25, 0.3) is 5.91 Å². The largest absolute Gasteiger partial charge is 0.335 e. The molecule has 0 bridgehead atoms. The molecule has 0 saturated carbocycles. The molecule has 0 radical (unpaired) electrons. The van der Waals surface area contributed by atoms with Crippen molar-refractivity contribution in [2.24, 2.45) is 0 Å². The second-order valence-electron chi connectivity index (χ2n) is 7.06. The van der Waals surface area contributed by atoms with E-state index in [9.17, 15) is 13.2 Å². The van der Waals surface area contributed by atoms with Crippen LogP contribution in [0.3, 0.4) is 0 Å². The number of thioether (sulfide) groups is 1. The van der Waals surface area contributed by atoms with Crippen LogP contribution in [0.15, 0.2) is 40.9 Å². The summed E-state index contributed by atoms with van der Waals surface area (Å²) in [5.74, 6) is 1.42. The molecule has 2 aliphatic heterocycles. The van der Waals surface area contributed by atoms with Crippen LogP contribution in [0.5, 0.6) is 0 Å². The van der Waals surface area contributed by atoms with E-state index in [-0.39, 0.29) is 10.8 Å². The van der Waals surface area contributed by atoms with Crippen LogP contribution in [0.4, 0.5) is 0 Å². The van der Waals surface area contributed by atoms with Crippen LogP contribution < -0.4 is 0 Å². The second-order valence-corrected chi connectivity index (χ2v) is 11.1. The topological polar surface area (TPSA) is 73.8 Å². The Morgan fingerprint density at radius 1 is 1.07 bits per heavy atom. The van der Waals surface area contributed by atoms with Gasteiger partial charge in [0.1, 0.15) is 9.77 Å². The van der Waals surface area contributed by atoms with Crippen LogP contribution in [0, 0.1) is 0 Å². The zero-order valence-electron chi connectivity index (χ0n) is 16.1. The van der Waals surface area contributed by atoms with Crippen molar-refractivity contribution < 1.29 is 13.2 Å². The molecule has 2 saturated heterocycles. The maximum atomic E-state index is 13.1. The van der Waals surface area contributed by atoms with E-state index < -0.39 is 10.0 Å². The minimum absolute atomic E-state index is 0.164. The van der Waals surface area contributed by atoms with E-state index in [0.29, 0.717) is 31.1 Å². The van der Waals surface area contributed by atoms with Crippen molar-refractivity contribution >= 4 is 39.0 Å². The first-order valence-electron chi connectivity index (χ1n) is 9.61. The van der Waals surface area contributed by atoms with Crippen molar-refractivity contribution in [3.8, 4) is 0 Å². The zero-order valence-corrected chi connectivity index (χ0v) is 18.5. The van der Waals surface area contributed by atoms with E-state index >= 15 is 0 Å². The highest BCUT2D eigenvalue weighted by Gasteiger charge is 2.33. The average Bonchev–Trinajstić information content (AvgIpc) is 3.26. The molecule has 156 valence electrons. The maximum absolute atomic E-state index is 13.1. The van der Waals surface area contributed by atoms with Crippen molar-refractivity contribution in [2.45, 2.75) is 11.4 Å². The number of carbonyl (C=O) groups is 1. The van der Waals surface area contributed by atoms with Crippen LogP contribution in [0.1, 0.15) is 15.2 Å². The smallest absolute Gasteiger partial charge is 0.265 e. The molecule has 0 aliphatic carbocycles. The highest BCUT2D eigenvalue weighted by atomic mass is 32.2. The minimum Gasteiger partial charge on any atom is -0.335 e. The van der Waals surface area contributed by atoms with Gasteiger partial charge in [0.2, 0.25) is 10.0 Å². The predicted molar refractivity (Wildman–Crippen MR) is 116 cm³/mol. The van der Waals surface area contributed by atoms with E-state index in [0.717, 1.165) is 36.7 Å². The summed E-state index contributed by atoms with van der Waals surface area (Å²) in [6.45, 7) is 4.52. The Hall–Kier alpha value is -1.46. The molecule has 0 atom stereocenters. The molecule has 2 aliphatic rings. The number of aromatic nitrogens is 1. The van der Waals surface area contributed by atoms with E-state index in [1.165, 1.54) is 15.6 Å². The van der Waals surface area contributed by atoms with Gasteiger partial charge in [-0.15, -0.1) is 11.3 Å². The van der Waals surface area contributed by atoms with Gasteiger partial charge in [-0.05, 0) is 23.1 Å². The van der Waals surface area contributed by atoms with Gasteiger partial charge in [-0.2, -0.15) is 16.1 Å². The molecule has 7 nitrogen and oxygen atoms in total. The van der Waals surface area contributed by atoms with Gasteiger partial charge in [0.15, 0.2) is 0 Å². The average molecular weight is 453 g/mol. The number of rotatable bonds is 5. The summed E-state index contributed by atoms with van der Waals surface area (Å²) < 4.78 is 27.6. The lowest BCUT2D eigenvalue weighted by Gasteiger charge is -2.34. The molecule has 0 N–H and O–H groups in total. The van der Waals surface area contributed by atoms with Crippen molar-refractivity contribution in [3.05, 3.63) is 46.4 Å². The number of piperazine rings is 1. The number of amides is 1. The van der Waals surface area contributed by atoms with Gasteiger partial charge in [-0.25, -0.2) is 8.42 Å². The van der Waals surface area contributed by atoms with Gasteiger partial charge in [0, 0.05) is 69.7 Å². The summed E-state index contributed by atoms with van der Waals surface area (Å²) >= 11 is 2.98. The van der Waals surface area contributed by atoms with Gasteiger partial charge in [-0.3, -0.25) is 14.7 Å². The van der Waals surface area contributed by atoms with Crippen molar-refractivity contribution in [2.75, 3.05) is 50.8 Å². The normalized spacial score (nSPS) is 19.4. The van der Waals surface area contributed by atoms with Crippen molar-refractivity contribution in [1.82, 2.24) is 19.1 Å². The van der Waals surface area contributed by atoms with E-state index in [1.807, 2.05) is 18.3 Å². The predicted octanol–water partition coefficient (Wildman–Crippen LogP) is 1.84. The third kappa shape index (κ3) is 4.66. The van der Waals surface area contributed by atoms with Crippen LogP contribution in [-0.4, -0.2) is 84.2 Å². The number of carbonyl (C=O) groups excluding carboxylic acids is 1.